The highest BCUT2D eigenvalue weighted by atomic mass is 16.6. The van der Waals surface area contributed by atoms with Gasteiger partial charge in [-0.1, -0.05) is 18.2 Å². The van der Waals surface area contributed by atoms with Gasteiger partial charge in [-0.25, -0.2) is 9.97 Å². The average molecular weight is 462 g/mol. The van der Waals surface area contributed by atoms with E-state index < -0.39 is 4.92 Å². The molecule has 0 saturated carbocycles. The first kappa shape index (κ1) is 23.0. The molecule has 0 unspecified atom stereocenters. The third-order valence-corrected chi connectivity index (χ3v) is 5.68. The van der Waals surface area contributed by atoms with Gasteiger partial charge in [-0.05, 0) is 19.2 Å². The molecule has 0 bridgehead atoms. The van der Waals surface area contributed by atoms with Gasteiger partial charge in [0.05, 0.1) is 23.4 Å². The Balaban J connectivity index is 1.71. The van der Waals surface area contributed by atoms with E-state index in [0.717, 1.165) is 22.2 Å². The summed E-state index contributed by atoms with van der Waals surface area (Å²) in [6.45, 7) is 1.29. The Labute approximate surface area is 197 Å². The summed E-state index contributed by atoms with van der Waals surface area (Å²) in [5.74, 6) is 0.769. The Hall–Kier alpha value is -4.18. The number of hydrogen-bond donors (Lipinski definition) is 2. The molecule has 4 aromatic rings. The molecule has 2 heterocycles. The molecular formula is C24H27N7O3. The third-order valence-electron chi connectivity index (χ3n) is 5.68. The Morgan fingerprint density at radius 3 is 2.76 bits per heavy atom. The molecule has 0 radical (unpaired) electrons. The Morgan fingerprint density at radius 1 is 1.24 bits per heavy atom. The number of aromatic nitrogens is 3. The molecule has 2 aromatic heterocycles. The van der Waals surface area contributed by atoms with Crippen LogP contribution in [0.25, 0.3) is 22.2 Å². The van der Waals surface area contributed by atoms with Gasteiger partial charge in [0.25, 0.3) is 5.69 Å². The number of nitro groups is 1. The predicted molar refractivity (Wildman–Crippen MR) is 134 cm³/mol. The fourth-order valence-electron chi connectivity index (χ4n) is 3.91. The van der Waals surface area contributed by atoms with Crippen LogP contribution >= 0.6 is 0 Å². The first-order chi connectivity index (χ1) is 16.4. The molecule has 2 aromatic carbocycles. The van der Waals surface area contributed by atoms with E-state index in [1.54, 1.807) is 12.3 Å². The fraction of sp³-hybridized carbons (Fsp3) is 0.250. The van der Waals surface area contributed by atoms with Crippen LogP contribution in [0.4, 0.5) is 23.0 Å². The smallest absolute Gasteiger partial charge is 0.294 e. The minimum atomic E-state index is -0.400. The maximum Gasteiger partial charge on any atom is 0.294 e. The van der Waals surface area contributed by atoms with Crippen molar-refractivity contribution in [3.63, 3.8) is 0 Å². The summed E-state index contributed by atoms with van der Waals surface area (Å²) < 4.78 is 7.59. The molecule has 0 saturated heterocycles. The minimum absolute atomic E-state index is 0.0351. The number of hydrogen-bond acceptors (Lipinski definition) is 8. The van der Waals surface area contributed by atoms with Gasteiger partial charge in [-0.2, -0.15) is 0 Å². The van der Waals surface area contributed by atoms with Crippen LogP contribution in [0.15, 0.2) is 54.9 Å². The van der Waals surface area contributed by atoms with E-state index in [4.69, 9.17) is 4.74 Å². The van der Waals surface area contributed by atoms with Gasteiger partial charge >= 0.3 is 0 Å². The SMILES string of the molecule is CNCCN(C)c1cc(OC)c(Nc2nccc(-c3cn(C)c4ccccc34)n2)cc1[N+](=O)[O-]. The van der Waals surface area contributed by atoms with Crippen LogP contribution in [-0.2, 0) is 7.05 Å². The highest BCUT2D eigenvalue weighted by Crippen LogP contribution is 2.39. The molecule has 0 aliphatic heterocycles. The number of benzene rings is 2. The lowest BCUT2D eigenvalue weighted by Gasteiger charge is -2.21. The first-order valence-electron chi connectivity index (χ1n) is 10.8. The van der Waals surface area contributed by atoms with E-state index in [1.807, 2.05) is 50.4 Å². The van der Waals surface area contributed by atoms with Crippen molar-refractivity contribution in [2.45, 2.75) is 0 Å². The molecule has 10 nitrogen and oxygen atoms in total. The number of anilines is 3. The van der Waals surface area contributed by atoms with Gasteiger partial charge in [0.2, 0.25) is 5.95 Å². The number of ether oxygens (including phenoxy) is 1. The second kappa shape index (κ2) is 9.75. The highest BCUT2D eigenvalue weighted by Gasteiger charge is 2.22. The number of nitrogens with zero attached hydrogens (tertiary/aromatic N) is 5. The van der Waals surface area contributed by atoms with Crippen LogP contribution in [0, 0.1) is 10.1 Å². The minimum Gasteiger partial charge on any atom is -0.494 e. The van der Waals surface area contributed by atoms with Crippen LogP contribution < -0.4 is 20.3 Å². The van der Waals surface area contributed by atoms with Crippen molar-refractivity contribution < 1.29 is 9.66 Å². The normalized spacial score (nSPS) is 10.9. The molecule has 176 valence electrons. The summed E-state index contributed by atoms with van der Waals surface area (Å²) in [4.78, 5) is 22.2. The average Bonchev–Trinajstić information content (AvgIpc) is 3.19. The van der Waals surface area contributed by atoms with Crippen molar-refractivity contribution in [1.29, 1.82) is 0 Å². The lowest BCUT2D eigenvalue weighted by molar-refractivity contribution is -0.384. The zero-order valence-electron chi connectivity index (χ0n) is 19.6. The van der Waals surface area contributed by atoms with E-state index >= 15 is 0 Å². The summed E-state index contributed by atoms with van der Waals surface area (Å²) in [6, 6.07) is 13.0. The van der Waals surface area contributed by atoms with Crippen LogP contribution in [0.2, 0.25) is 0 Å². The standard InChI is InChI=1S/C24H27N7O3/c1-25-11-12-29(2)21-14-23(34-4)19(13-22(21)31(32)33)28-24-26-10-9-18(27-24)17-15-30(3)20-8-6-5-7-16(17)20/h5-10,13-15,25H,11-12H2,1-4H3,(H,26,27,28). The van der Waals surface area contributed by atoms with E-state index in [-0.39, 0.29) is 5.69 Å². The summed E-state index contributed by atoms with van der Waals surface area (Å²) in [5.41, 5.74) is 3.66. The number of para-hydroxylation sites is 1. The van der Waals surface area contributed by atoms with Gasteiger partial charge in [0.15, 0.2) is 0 Å². The molecule has 0 aliphatic carbocycles. The zero-order valence-corrected chi connectivity index (χ0v) is 19.6. The van der Waals surface area contributed by atoms with Gasteiger partial charge in [0.1, 0.15) is 11.4 Å². The zero-order chi connectivity index (χ0) is 24.2. The van der Waals surface area contributed by atoms with Crippen molar-refractivity contribution >= 4 is 33.9 Å². The summed E-state index contributed by atoms with van der Waals surface area (Å²) in [6.07, 6.45) is 3.69. The lowest BCUT2D eigenvalue weighted by Crippen LogP contribution is -2.27. The van der Waals surface area contributed by atoms with Crippen LogP contribution in [0.1, 0.15) is 0 Å². The van der Waals surface area contributed by atoms with Crippen LogP contribution in [-0.4, -0.2) is 53.8 Å². The number of rotatable bonds is 9. The maximum absolute atomic E-state index is 11.8. The van der Waals surface area contributed by atoms with Gasteiger partial charge < -0.3 is 24.8 Å². The molecule has 0 fully saturated rings. The number of fused-ring (bicyclic) bond motifs is 1. The monoisotopic (exact) mass is 461 g/mol. The van der Waals surface area contributed by atoms with Crippen LogP contribution in [0.5, 0.6) is 5.75 Å². The number of likely N-dealkylation sites (N-methyl/N-ethyl adjacent to an activating group) is 2. The molecule has 2 N–H and O–H groups in total. The molecule has 34 heavy (non-hydrogen) atoms. The van der Waals surface area contributed by atoms with E-state index in [2.05, 4.69) is 37.3 Å². The third kappa shape index (κ3) is 4.48. The quantitative estimate of drug-likeness (QED) is 0.285. The van der Waals surface area contributed by atoms with Gasteiger partial charge in [0, 0.05) is 68.2 Å². The topological polar surface area (TPSA) is 110 Å². The second-order valence-electron chi connectivity index (χ2n) is 7.88. The summed E-state index contributed by atoms with van der Waals surface area (Å²) >= 11 is 0. The van der Waals surface area contributed by atoms with Gasteiger partial charge in [-0.3, -0.25) is 10.1 Å². The molecule has 10 heteroatoms. The van der Waals surface area contributed by atoms with Crippen molar-refractivity contribution in [3.05, 3.63) is 65.0 Å². The fourth-order valence-corrected chi connectivity index (χ4v) is 3.91. The Kier molecular flexibility index (Phi) is 6.60. The largest absolute Gasteiger partial charge is 0.494 e. The molecule has 0 atom stereocenters. The van der Waals surface area contributed by atoms with Crippen molar-refractivity contribution in [2.75, 3.05) is 44.5 Å². The van der Waals surface area contributed by atoms with Crippen molar-refractivity contribution in [1.82, 2.24) is 19.9 Å². The van der Waals surface area contributed by atoms with Gasteiger partial charge in [-0.15, -0.1) is 0 Å². The number of aryl methyl sites for hydroxylation is 1. The molecule has 0 aliphatic rings. The number of nitrogens with one attached hydrogen (secondary N) is 2. The number of nitro benzene ring substituents is 1. The summed E-state index contributed by atoms with van der Waals surface area (Å²) in [7, 11) is 7.16. The Bertz CT molecular complexity index is 1340. The predicted octanol–water partition coefficient (Wildman–Crippen LogP) is 3.95. The van der Waals surface area contributed by atoms with E-state index in [9.17, 15) is 10.1 Å². The lowest BCUT2D eigenvalue weighted by atomic mass is 10.1. The van der Waals surface area contributed by atoms with Crippen LogP contribution in [0.3, 0.4) is 0 Å². The van der Waals surface area contributed by atoms with E-state index in [0.29, 0.717) is 36.2 Å². The molecule has 0 spiro atoms. The van der Waals surface area contributed by atoms with Crippen molar-refractivity contribution in [2.24, 2.45) is 7.05 Å². The molecule has 0 amide bonds. The number of methoxy groups -OCH3 is 1. The van der Waals surface area contributed by atoms with E-state index in [1.165, 1.54) is 13.2 Å². The molecular weight excluding hydrogens is 434 g/mol. The van der Waals surface area contributed by atoms with Crippen molar-refractivity contribution in [3.8, 4) is 17.0 Å². The Morgan fingerprint density at radius 2 is 2.03 bits per heavy atom. The first-order valence-corrected chi connectivity index (χ1v) is 10.8. The second-order valence-corrected chi connectivity index (χ2v) is 7.88. The highest BCUT2D eigenvalue weighted by molar-refractivity contribution is 5.95. The summed E-state index contributed by atoms with van der Waals surface area (Å²) in [5, 5.41) is 19.1. The maximum atomic E-state index is 11.8. The molecule has 4 rings (SSSR count).